The fraction of sp³-hybridized carbons (Fsp3) is 0.259. The van der Waals surface area contributed by atoms with Crippen LogP contribution in [0.25, 0.3) is 22.6 Å². The Morgan fingerprint density at radius 3 is 2.35 bits per heavy atom. The lowest BCUT2D eigenvalue weighted by molar-refractivity contribution is 0.280. The van der Waals surface area contributed by atoms with Crippen LogP contribution in [0.3, 0.4) is 0 Å². The maximum absolute atomic E-state index is 12.5. The summed E-state index contributed by atoms with van der Waals surface area (Å²) in [5.74, 6) is 1.18. The van der Waals surface area contributed by atoms with Gasteiger partial charge in [-0.25, -0.2) is 23.1 Å². The number of ether oxygens (including phenoxy) is 1. The van der Waals surface area contributed by atoms with Crippen LogP contribution in [0.5, 0.6) is 5.75 Å². The summed E-state index contributed by atoms with van der Waals surface area (Å²) in [7, 11) is 0.759. The highest BCUT2D eigenvalue weighted by atomic mass is 32.2. The zero-order chi connectivity index (χ0) is 26.4. The molecular formula is C27H29N5O4S. The summed E-state index contributed by atoms with van der Waals surface area (Å²) in [5.41, 5.74) is 2.73. The van der Waals surface area contributed by atoms with E-state index in [-0.39, 0.29) is 17.0 Å². The van der Waals surface area contributed by atoms with Gasteiger partial charge in [0.2, 0.25) is 0 Å². The van der Waals surface area contributed by atoms with Crippen molar-refractivity contribution >= 4 is 9.84 Å². The maximum Gasteiger partial charge on any atom is 0.267 e. The molecule has 0 bridgehead atoms. The monoisotopic (exact) mass is 519 g/mol. The highest BCUT2D eigenvalue weighted by molar-refractivity contribution is 7.90. The van der Waals surface area contributed by atoms with Crippen LogP contribution in [0, 0.1) is 0 Å². The van der Waals surface area contributed by atoms with Crippen LogP contribution in [0.1, 0.15) is 12.0 Å². The van der Waals surface area contributed by atoms with Crippen molar-refractivity contribution in [2.45, 2.75) is 17.9 Å². The van der Waals surface area contributed by atoms with Crippen LogP contribution in [-0.2, 0) is 16.4 Å². The van der Waals surface area contributed by atoms with Gasteiger partial charge in [0.05, 0.1) is 36.1 Å². The zero-order valence-corrected chi connectivity index (χ0v) is 21.9. The topological polar surface area (TPSA) is 107 Å². The van der Waals surface area contributed by atoms with E-state index in [1.54, 1.807) is 30.6 Å². The van der Waals surface area contributed by atoms with Gasteiger partial charge in [0.15, 0.2) is 21.4 Å². The molecule has 0 amide bonds. The molecule has 2 heterocycles. The molecule has 0 spiro atoms. The van der Waals surface area contributed by atoms with Gasteiger partial charge in [-0.3, -0.25) is 4.79 Å². The molecule has 0 aliphatic rings. The fourth-order valence-corrected chi connectivity index (χ4v) is 4.31. The van der Waals surface area contributed by atoms with Gasteiger partial charge < -0.3 is 9.64 Å². The molecule has 0 saturated heterocycles. The Morgan fingerprint density at radius 1 is 0.946 bits per heavy atom. The Hall–Kier alpha value is -3.89. The van der Waals surface area contributed by atoms with Crippen molar-refractivity contribution in [3.05, 3.63) is 89.0 Å². The quantitative estimate of drug-likeness (QED) is 0.294. The van der Waals surface area contributed by atoms with Gasteiger partial charge in [-0.05, 0) is 50.3 Å². The van der Waals surface area contributed by atoms with Crippen molar-refractivity contribution in [2.75, 3.05) is 33.5 Å². The third-order valence-corrected chi connectivity index (χ3v) is 6.74. The van der Waals surface area contributed by atoms with Crippen LogP contribution < -0.4 is 10.3 Å². The number of nitrogens with zero attached hydrogens (tertiary/aromatic N) is 5. The van der Waals surface area contributed by atoms with E-state index in [1.807, 2.05) is 38.4 Å². The largest absolute Gasteiger partial charge is 0.490 e. The van der Waals surface area contributed by atoms with E-state index in [4.69, 9.17) is 4.74 Å². The maximum atomic E-state index is 12.5. The SMILES string of the molecule is CN(C)CCCOc1cnc(-c2cccc(Cn3nc(-c4ccc(S(C)(=O)=O)cc4)ccc3=O)c2)nc1. The zero-order valence-electron chi connectivity index (χ0n) is 21.0. The molecule has 0 aliphatic carbocycles. The number of hydrogen-bond donors (Lipinski definition) is 0. The molecule has 2 aromatic carbocycles. The molecule has 0 fully saturated rings. The molecule has 4 rings (SSSR count). The first kappa shape index (κ1) is 26.2. The summed E-state index contributed by atoms with van der Waals surface area (Å²) in [4.78, 5) is 23.7. The van der Waals surface area contributed by atoms with Crippen LogP contribution >= 0.6 is 0 Å². The molecule has 0 aliphatic heterocycles. The van der Waals surface area contributed by atoms with E-state index in [0.717, 1.165) is 30.3 Å². The molecule has 0 atom stereocenters. The molecule has 0 N–H and O–H groups in total. The standard InChI is InChI=1S/C27H29N5O4S/c1-31(2)14-5-15-36-23-17-28-27(29-18-23)22-7-4-6-20(16-22)19-32-26(33)13-12-25(30-32)21-8-10-24(11-9-21)37(3,34)35/h4,6-13,16-18H,5,14-15,19H2,1-3H3. The molecule has 0 radical (unpaired) electrons. The molecule has 37 heavy (non-hydrogen) atoms. The van der Waals surface area contributed by atoms with Gasteiger partial charge in [0.25, 0.3) is 5.56 Å². The van der Waals surface area contributed by atoms with Crippen molar-refractivity contribution in [2.24, 2.45) is 0 Å². The third-order valence-electron chi connectivity index (χ3n) is 5.61. The molecule has 0 saturated carbocycles. The summed E-state index contributed by atoms with van der Waals surface area (Å²) in [6, 6.07) is 17.1. The molecule has 10 heteroatoms. The second-order valence-electron chi connectivity index (χ2n) is 8.96. The molecule has 4 aromatic rings. The summed E-state index contributed by atoms with van der Waals surface area (Å²) >= 11 is 0. The number of sulfone groups is 1. The average Bonchev–Trinajstić information content (AvgIpc) is 2.88. The predicted octanol–water partition coefficient (Wildman–Crippen LogP) is 3.15. The lowest BCUT2D eigenvalue weighted by Crippen LogP contribution is -2.22. The van der Waals surface area contributed by atoms with E-state index in [2.05, 4.69) is 20.0 Å². The minimum Gasteiger partial charge on any atom is -0.490 e. The van der Waals surface area contributed by atoms with Crippen molar-refractivity contribution in [3.63, 3.8) is 0 Å². The Kier molecular flexibility index (Phi) is 8.10. The Balaban J connectivity index is 1.48. The number of rotatable bonds is 10. The van der Waals surface area contributed by atoms with E-state index < -0.39 is 9.84 Å². The summed E-state index contributed by atoms with van der Waals surface area (Å²) in [6.07, 6.45) is 5.40. The summed E-state index contributed by atoms with van der Waals surface area (Å²) in [5, 5.41) is 4.49. The first-order chi connectivity index (χ1) is 17.7. The Morgan fingerprint density at radius 2 is 1.68 bits per heavy atom. The lowest BCUT2D eigenvalue weighted by atomic mass is 10.1. The minimum absolute atomic E-state index is 0.229. The molecular weight excluding hydrogens is 490 g/mol. The second kappa shape index (κ2) is 11.4. The molecule has 192 valence electrons. The van der Waals surface area contributed by atoms with Gasteiger partial charge in [-0.2, -0.15) is 5.10 Å². The summed E-state index contributed by atoms with van der Waals surface area (Å²) in [6.45, 7) is 1.80. The molecule has 9 nitrogen and oxygen atoms in total. The number of hydrogen-bond acceptors (Lipinski definition) is 8. The van der Waals surface area contributed by atoms with Gasteiger partial charge >= 0.3 is 0 Å². The fourth-order valence-electron chi connectivity index (χ4n) is 3.68. The lowest BCUT2D eigenvalue weighted by Gasteiger charge is -2.10. The Bertz CT molecular complexity index is 1520. The average molecular weight is 520 g/mol. The van der Waals surface area contributed by atoms with Crippen molar-refractivity contribution in [1.29, 1.82) is 0 Å². The van der Waals surface area contributed by atoms with Crippen LogP contribution in [0.2, 0.25) is 0 Å². The second-order valence-corrected chi connectivity index (χ2v) is 11.0. The predicted molar refractivity (Wildman–Crippen MR) is 142 cm³/mol. The highest BCUT2D eigenvalue weighted by Gasteiger charge is 2.10. The highest BCUT2D eigenvalue weighted by Crippen LogP contribution is 2.20. The van der Waals surface area contributed by atoms with Crippen molar-refractivity contribution in [3.8, 4) is 28.4 Å². The smallest absolute Gasteiger partial charge is 0.267 e. The van der Waals surface area contributed by atoms with Gasteiger partial charge in [-0.1, -0.05) is 30.3 Å². The van der Waals surface area contributed by atoms with Crippen molar-refractivity contribution < 1.29 is 13.2 Å². The van der Waals surface area contributed by atoms with E-state index in [9.17, 15) is 13.2 Å². The third kappa shape index (κ3) is 7.08. The van der Waals surface area contributed by atoms with Crippen LogP contribution in [0.4, 0.5) is 0 Å². The summed E-state index contributed by atoms with van der Waals surface area (Å²) < 4.78 is 30.5. The number of benzene rings is 2. The van der Waals surface area contributed by atoms with Crippen molar-refractivity contribution in [1.82, 2.24) is 24.6 Å². The first-order valence-electron chi connectivity index (χ1n) is 11.8. The van der Waals surface area contributed by atoms with E-state index >= 15 is 0 Å². The minimum atomic E-state index is -3.29. The van der Waals surface area contributed by atoms with Gasteiger partial charge in [-0.15, -0.1) is 0 Å². The number of aromatic nitrogens is 4. The van der Waals surface area contributed by atoms with E-state index in [0.29, 0.717) is 29.4 Å². The normalized spacial score (nSPS) is 11.6. The van der Waals surface area contributed by atoms with Gasteiger partial charge in [0, 0.05) is 30.0 Å². The van der Waals surface area contributed by atoms with Crippen LogP contribution in [0.15, 0.2) is 82.7 Å². The first-order valence-corrected chi connectivity index (χ1v) is 13.7. The van der Waals surface area contributed by atoms with Gasteiger partial charge in [0.1, 0.15) is 0 Å². The van der Waals surface area contributed by atoms with E-state index in [1.165, 1.54) is 22.9 Å². The molecule has 2 aromatic heterocycles. The Labute approximate surface area is 216 Å². The van der Waals surface area contributed by atoms with Crippen LogP contribution in [-0.4, -0.2) is 66.6 Å². The molecule has 0 unspecified atom stereocenters.